The van der Waals surface area contributed by atoms with Crippen molar-refractivity contribution in [2.75, 3.05) is 6.54 Å². The van der Waals surface area contributed by atoms with E-state index in [0.717, 1.165) is 11.1 Å². The van der Waals surface area contributed by atoms with Crippen LogP contribution >= 0.6 is 0 Å². The molecule has 0 aromatic heterocycles. The minimum absolute atomic E-state index is 0.0582. The number of ether oxygens (including phenoxy) is 1. The SMILES string of the molecule is Cc1cccc(C(C)(C)CNC(=O)NCc2ccccc2OC(F)F)c1. The topological polar surface area (TPSA) is 50.4 Å². The van der Waals surface area contributed by atoms with E-state index >= 15 is 0 Å². The Kier molecular flexibility index (Phi) is 6.55. The summed E-state index contributed by atoms with van der Waals surface area (Å²) in [7, 11) is 0. The highest BCUT2D eigenvalue weighted by Crippen LogP contribution is 2.23. The van der Waals surface area contributed by atoms with Gasteiger partial charge in [0.15, 0.2) is 0 Å². The molecule has 0 saturated heterocycles. The Labute approximate surface area is 152 Å². The summed E-state index contributed by atoms with van der Waals surface area (Å²) in [5.41, 5.74) is 2.55. The van der Waals surface area contributed by atoms with Crippen LogP contribution in [0.3, 0.4) is 0 Å². The molecule has 2 N–H and O–H groups in total. The fourth-order valence-corrected chi connectivity index (χ4v) is 2.57. The van der Waals surface area contributed by atoms with Crippen molar-refractivity contribution in [3.8, 4) is 5.75 Å². The van der Waals surface area contributed by atoms with Crippen molar-refractivity contribution in [2.24, 2.45) is 0 Å². The van der Waals surface area contributed by atoms with Gasteiger partial charge in [-0.05, 0) is 18.6 Å². The summed E-state index contributed by atoms with van der Waals surface area (Å²) < 4.78 is 29.3. The molecule has 0 aliphatic carbocycles. The molecule has 0 radical (unpaired) electrons. The van der Waals surface area contributed by atoms with Gasteiger partial charge in [-0.2, -0.15) is 8.78 Å². The van der Waals surface area contributed by atoms with Gasteiger partial charge in [0.2, 0.25) is 0 Å². The number of benzene rings is 2. The van der Waals surface area contributed by atoms with Crippen LogP contribution in [0.4, 0.5) is 13.6 Å². The van der Waals surface area contributed by atoms with Crippen molar-refractivity contribution >= 4 is 6.03 Å². The summed E-state index contributed by atoms with van der Waals surface area (Å²) in [6, 6.07) is 14.2. The van der Waals surface area contributed by atoms with Crippen LogP contribution in [0.15, 0.2) is 48.5 Å². The quantitative estimate of drug-likeness (QED) is 0.768. The number of rotatable bonds is 7. The lowest BCUT2D eigenvalue weighted by Crippen LogP contribution is -2.42. The molecule has 0 saturated carbocycles. The minimum Gasteiger partial charge on any atom is -0.434 e. The van der Waals surface area contributed by atoms with E-state index in [0.29, 0.717) is 12.1 Å². The molecule has 0 bridgehead atoms. The number of amides is 2. The molecule has 2 aromatic rings. The number of aryl methyl sites for hydroxylation is 1. The normalized spacial score (nSPS) is 11.3. The number of carbonyl (C=O) groups excluding carboxylic acids is 1. The van der Waals surface area contributed by atoms with Crippen LogP contribution in [0.1, 0.15) is 30.5 Å². The van der Waals surface area contributed by atoms with Crippen LogP contribution in [0.5, 0.6) is 5.75 Å². The maximum absolute atomic E-state index is 12.4. The molecule has 0 spiro atoms. The highest BCUT2D eigenvalue weighted by molar-refractivity contribution is 5.74. The van der Waals surface area contributed by atoms with Crippen LogP contribution in [-0.4, -0.2) is 19.2 Å². The van der Waals surface area contributed by atoms with Gasteiger partial charge in [0.05, 0.1) is 0 Å². The van der Waals surface area contributed by atoms with Crippen LogP contribution in [0.25, 0.3) is 0 Å². The Morgan fingerprint density at radius 2 is 1.85 bits per heavy atom. The largest absolute Gasteiger partial charge is 0.434 e. The monoisotopic (exact) mass is 362 g/mol. The maximum atomic E-state index is 12.4. The highest BCUT2D eigenvalue weighted by Gasteiger charge is 2.21. The second-order valence-electron chi connectivity index (χ2n) is 6.78. The smallest absolute Gasteiger partial charge is 0.387 e. The molecule has 2 amide bonds. The van der Waals surface area contributed by atoms with E-state index in [-0.39, 0.29) is 23.7 Å². The van der Waals surface area contributed by atoms with Gasteiger partial charge in [-0.25, -0.2) is 4.79 Å². The molecule has 4 nitrogen and oxygen atoms in total. The lowest BCUT2D eigenvalue weighted by Gasteiger charge is -2.26. The summed E-state index contributed by atoms with van der Waals surface area (Å²) in [4.78, 5) is 12.1. The standard InChI is InChI=1S/C20H24F2N2O2/c1-14-7-6-9-16(11-14)20(2,3)13-24-19(25)23-12-15-8-4-5-10-17(15)26-18(21)22/h4-11,18H,12-13H2,1-3H3,(H2,23,24,25). The molecule has 2 aromatic carbocycles. The number of nitrogens with one attached hydrogen (secondary N) is 2. The van der Waals surface area contributed by atoms with Crippen LogP contribution in [0.2, 0.25) is 0 Å². The van der Waals surface area contributed by atoms with Crippen molar-refractivity contribution in [1.82, 2.24) is 10.6 Å². The second kappa shape index (κ2) is 8.65. The van der Waals surface area contributed by atoms with Crippen molar-refractivity contribution < 1.29 is 18.3 Å². The molecule has 0 fully saturated rings. The van der Waals surface area contributed by atoms with Gasteiger partial charge >= 0.3 is 12.6 Å². The molecule has 2 rings (SSSR count). The number of alkyl halides is 2. The predicted molar refractivity (Wildman–Crippen MR) is 97.5 cm³/mol. The van der Waals surface area contributed by atoms with Crippen LogP contribution in [-0.2, 0) is 12.0 Å². The number of hydrogen-bond acceptors (Lipinski definition) is 2. The minimum atomic E-state index is -2.90. The van der Waals surface area contributed by atoms with Crippen LogP contribution in [0, 0.1) is 6.92 Å². The van der Waals surface area contributed by atoms with E-state index in [9.17, 15) is 13.6 Å². The molecule has 0 unspecified atom stereocenters. The van der Waals surface area contributed by atoms with E-state index in [1.165, 1.54) is 6.07 Å². The van der Waals surface area contributed by atoms with Gasteiger partial charge < -0.3 is 15.4 Å². The first-order valence-electron chi connectivity index (χ1n) is 8.39. The number of urea groups is 1. The second-order valence-corrected chi connectivity index (χ2v) is 6.78. The van der Waals surface area contributed by atoms with Gasteiger partial charge in [0.1, 0.15) is 5.75 Å². The zero-order valence-corrected chi connectivity index (χ0v) is 15.2. The predicted octanol–water partition coefficient (Wildman–Crippen LogP) is 4.37. The highest BCUT2D eigenvalue weighted by atomic mass is 19.3. The van der Waals surface area contributed by atoms with Crippen molar-refractivity contribution in [2.45, 2.75) is 39.3 Å². The Morgan fingerprint density at radius 1 is 1.12 bits per heavy atom. The zero-order chi connectivity index (χ0) is 19.2. The van der Waals surface area contributed by atoms with Gasteiger partial charge in [0, 0.05) is 24.1 Å². The molecular formula is C20H24F2N2O2. The van der Waals surface area contributed by atoms with Crippen LogP contribution < -0.4 is 15.4 Å². The van der Waals surface area contributed by atoms with E-state index in [1.54, 1.807) is 18.2 Å². The Hall–Kier alpha value is -2.63. The Morgan fingerprint density at radius 3 is 2.54 bits per heavy atom. The summed E-state index contributed by atoms with van der Waals surface area (Å²) in [6.07, 6.45) is 0. The third kappa shape index (κ3) is 5.72. The van der Waals surface area contributed by atoms with E-state index in [4.69, 9.17) is 0 Å². The molecule has 0 heterocycles. The molecule has 26 heavy (non-hydrogen) atoms. The molecule has 0 atom stereocenters. The summed E-state index contributed by atoms with van der Waals surface area (Å²) in [6.45, 7) is 3.76. The number of para-hydroxylation sites is 1. The fourth-order valence-electron chi connectivity index (χ4n) is 2.57. The van der Waals surface area contributed by atoms with Crippen molar-refractivity contribution in [1.29, 1.82) is 0 Å². The molecular weight excluding hydrogens is 338 g/mol. The zero-order valence-electron chi connectivity index (χ0n) is 15.2. The molecule has 0 aliphatic heterocycles. The lowest BCUT2D eigenvalue weighted by atomic mass is 9.84. The van der Waals surface area contributed by atoms with Gasteiger partial charge in [-0.1, -0.05) is 61.9 Å². The lowest BCUT2D eigenvalue weighted by molar-refractivity contribution is -0.0504. The first-order chi connectivity index (χ1) is 12.3. The number of hydrogen-bond donors (Lipinski definition) is 2. The Balaban J connectivity index is 1.90. The van der Waals surface area contributed by atoms with Gasteiger partial charge in [0.25, 0.3) is 0 Å². The fraction of sp³-hybridized carbons (Fsp3) is 0.350. The number of halogens is 2. The summed E-state index contributed by atoms with van der Waals surface area (Å²) >= 11 is 0. The maximum Gasteiger partial charge on any atom is 0.387 e. The van der Waals surface area contributed by atoms with Crippen molar-refractivity contribution in [3.63, 3.8) is 0 Å². The molecule has 0 aliphatic rings. The Bertz CT molecular complexity index is 748. The molecule has 140 valence electrons. The van der Waals surface area contributed by atoms with Crippen molar-refractivity contribution in [3.05, 3.63) is 65.2 Å². The third-order valence-corrected chi connectivity index (χ3v) is 4.12. The average molecular weight is 362 g/mol. The summed E-state index contributed by atoms with van der Waals surface area (Å²) in [5.74, 6) is 0.0582. The molecule has 6 heteroatoms. The third-order valence-electron chi connectivity index (χ3n) is 4.12. The van der Waals surface area contributed by atoms with E-state index < -0.39 is 6.61 Å². The van der Waals surface area contributed by atoms with E-state index in [2.05, 4.69) is 21.4 Å². The van der Waals surface area contributed by atoms with Gasteiger partial charge in [-0.15, -0.1) is 0 Å². The first kappa shape index (κ1) is 19.7. The van der Waals surface area contributed by atoms with E-state index in [1.807, 2.05) is 39.0 Å². The summed E-state index contributed by atoms with van der Waals surface area (Å²) in [5, 5.41) is 5.51. The van der Waals surface area contributed by atoms with Gasteiger partial charge in [-0.3, -0.25) is 0 Å². The first-order valence-corrected chi connectivity index (χ1v) is 8.39. The number of carbonyl (C=O) groups is 1. The average Bonchev–Trinajstić information content (AvgIpc) is 2.59.